The van der Waals surface area contributed by atoms with E-state index in [1.807, 2.05) is 6.07 Å². The van der Waals surface area contributed by atoms with E-state index in [2.05, 4.69) is 10.5 Å². The van der Waals surface area contributed by atoms with E-state index in [4.69, 9.17) is 10.00 Å². The van der Waals surface area contributed by atoms with Gasteiger partial charge in [-0.1, -0.05) is 12.1 Å². The third-order valence-electron chi connectivity index (χ3n) is 2.77. The molecule has 0 atom stereocenters. The number of nitriles is 1. The molecule has 7 heteroatoms. The quantitative estimate of drug-likeness (QED) is 0.440. The van der Waals surface area contributed by atoms with E-state index >= 15 is 0 Å². The minimum absolute atomic E-state index is 0.240. The van der Waals surface area contributed by atoms with E-state index in [0.29, 0.717) is 16.9 Å². The summed E-state index contributed by atoms with van der Waals surface area (Å²) in [5.74, 6) is -0.706. The summed E-state index contributed by atoms with van der Waals surface area (Å²) in [6, 6.07) is 12.7. The number of carbonyl (C=O) groups excluding carboxylic acids is 1. The van der Waals surface area contributed by atoms with Crippen LogP contribution in [0.4, 0.5) is 0 Å². The Bertz CT molecular complexity index is 781. The zero-order chi connectivity index (χ0) is 16.7. The van der Waals surface area contributed by atoms with Crippen molar-refractivity contribution in [3.63, 3.8) is 0 Å². The largest absolute Gasteiger partial charge is 0.504 e. The number of rotatable bonds is 5. The van der Waals surface area contributed by atoms with Crippen molar-refractivity contribution in [2.45, 2.75) is 0 Å². The van der Waals surface area contributed by atoms with Crippen LogP contribution in [0.3, 0.4) is 0 Å². The van der Waals surface area contributed by atoms with Gasteiger partial charge in [0.15, 0.2) is 18.1 Å². The van der Waals surface area contributed by atoms with Crippen LogP contribution in [-0.2, 0) is 4.79 Å². The van der Waals surface area contributed by atoms with E-state index in [9.17, 15) is 15.0 Å². The third kappa shape index (κ3) is 4.47. The van der Waals surface area contributed by atoms with Gasteiger partial charge in [0, 0.05) is 0 Å². The van der Waals surface area contributed by atoms with Gasteiger partial charge in [-0.15, -0.1) is 0 Å². The van der Waals surface area contributed by atoms with Gasteiger partial charge in [-0.05, 0) is 35.9 Å². The molecule has 0 fully saturated rings. The fourth-order valence-corrected chi connectivity index (χ4v) is 1.66. The molecule has 1 amide bonds. The summed E-state index contributed by atoms with van der Waals surface area (Å²) < 4.78 is 5.25. The number of phenols is 2. The lowest BCUT2D eigenvalue weighted by Crippen LogP contribution is -2.24. The minimum atomic E-state index is -0.503. The highest BCUT2D eigenvalue weighted by molar-refractivity contribution is 5.83. The molecule has 23 heavy (non-hydrogen) atoms. The van der Waals surface area contributed by atoms with Gasteiger partial charge in [-0.3, -0.25) is 4.79 Å². The number of hydrogen-bond acceptors (Lipinski definition) is 6. The molecule has 0 aliphatic heterocycles. The Labute approximate surface area is 132 Å². The highest BCUT2D eigenvalue weighted by atomic mass is 16.5. The molecule has 0 unspecified atom stereocenters. The molecule has 2 rings (SSSR count). The number of ether oxygens (including phenoxy) is 1. The number of phenolic OH excluding ortho intramolecular Hbond substituents is 2. The summed E-state index contributed by atoms with van der Waals surface area (Å²) >= 11 is 0. The maximum Gasteiger partial charge on any atom is 0.277 e. The van der Waals surface area contributed by atoms with Crippen molar-refractivity contribution in [3.8, 4) is 23.3 Å². The van der Waals surface area contributed by atoms with Gasteiger partial charge in [-0.25, -0.2) is 5.43 Å². The molecule has 116 valence electrons. The van der Waals surface area contributed by atoms with Crippen LogP contribution in [0.15, 0.2) is 47.6 Å². The van der Waals surface area contributed by atoms with Crippen LogP contribution < -0.4 is 10.2 Å². The van der Waals surface area contributed by atoms with E-state index in [-0.39, 0.29) is 18.1 Å². The first kappa shape index (κ1) is 15.9. The summed E-state index contributed by atoms with van der Waals surface area (Å²) in [7, 11) is 0. The zero-order valence-corrected chi connectivity index (χ0v) is 11.9. The second kappa shape index (κ2) is 7.47. The van der Waals surface area contributed by atoms with Crippen LogP contribution in [0, 0.1) is 11.3 Å². The van der Waals surface area contributed by atoms with Crippen molar-refractivity contribution in [1.82, 2.24) is 5.43 Å². The topological polar surface area (TPSA) is 115 Å². The fourth-order valence-electron chi connectivity index (χ4n) is 1.66. The normalized spacial score (nSPS) is 10.2. The summed E-state index contributed by atoms with van der Waals surface area (Å²) in [5, 5.41) is 31.1. The van der Waals surface area contributed by atoms with Gasteiger partial charge in [-0.2, -0.15) is 10.4 Å². The van der Waals surface area contributed by atoms with E-state index < -0.39 is 5.91 Å². The monoisotopic (exact) mass is 311 g/mol. The van der Waals surface area contributed by atoms with Crippen LogP contribution in [0.25, 0.3) is 0 Å². The van der Waals surface area contributed by atoms with Crippen molar-refractivity contribution in [3.05, 3.63) is 53.6 Å². The number of amides is 1. The standard InChI is InChI=1S/C16H13N3O4/c17-8-12-3-1-2-4-15(12)23-10-16(22)19-18-9-11-5-6-13(20)14(21)7-11/h1-7,9,20-21H,10H2,(H,19,22)/b18-9+. The lowest BCUT2D eigenvalue weighted by Gasteiger charge is -2.06. The Kier molecular flexibility index (Phi) is 5.15. The van der Waals surface area contributed by atoms with Crippen molar-refractivity contribution >= 4 is 12.1 Å². The molecule has 0 bridgehead atoms. The Morgan fingerprint density at radius 1 is 1.26 bits per heavy atom. The summed E-state index contributed by atoms with van der Waals surface area (Å²) in [6.07, 6.45) is 1.31. The van der Waals surface area contributed by atoms with Gasteiger partial charge in [0.05, 0.1) is 11.8 Å². The second-order valence-electron chi connectivity index (χ2n) is 4.44. The highest BCUT2D eigenvalue weighted by Gasteiger charge is 2.05. The molecule has 3 N–H and O–H groups in total. The van der Waals surface area contributed by atoms with Gasteiger partial charge >= 0.3 is 0 Å². The third-order valence-corrected chi connectivity index (χ3v) is 2.77. The van der Waals surface area contributed by atoms with Crippen LogP contribution in [0.1, 0.15) is 11.1 Å². The molecule has 0 saturated heterocycles. The highest BCUT2D eigenvalue weighted by Crippen LogP contribution is 2.23. The van der Waals surface area contributed by atoms with Gasteiger partial charge in [0.25, 0.3) is 5.91 Å². The first-order chi connectivity index (χ1) is 11.1. The number of para-hydroxylation sites is 1. The average molecular weight is 311 g/mol. The fraction of sp³-hybridized carbons (Fsp3) is 0.0625. The molecule has 2 aromatic rings. The molecular weight excluding hydrogens is 298 g/mol. The van der Waals surface area contributed by atoms with Crippen molar-refractivity contribution in [2.24, 2.45) is 5.10 Å². The summed E-state index contributed by atoms with van der Waals surface area (Å²) in [6.45, 7) is -0.295. The number of hydrogen-bond donors (Lipinski definition) is 3. The molecule has 0 aliphatic carbocycles. The van der Waals surface area contributed by atoms with Gasteiger partial charge < -0.3 is 14.9 Å². The number of benzene rings is 2. The maximum absolute atomic E-state index is 11.6. The second-order valence-corrected chi connectivity index (χ2v) is 4.44. The molecule has 0 spiro atoms. The summed E-state index contributed by atoms with van der Waals surface area (Å²) in [5.41, 5.74) is 3.08. The molecule has 0 heterocycles. The molecular formula is C16H13N3O4. The predicted molar refractivity (Wildman–Crippen MR) is 82.2 cm³/mol. The Morgan fingerprint density at radius 2 is 2.04 bits per heavy atom. The maximum atomic E-state index is 11.6. The number of carbonyl (C=O) groups is 1. The Morgan fingerprint density at radius 3 is 2.78 bits per heavy atom. The van der Waals surface area contributed by atoms with E-state index in [0.717, 1.165) is 0 Å². The Hall–Kier alpha value is -3.53. The number of nitrogens with zero attached hydrogens (tertiary/aromatic N) is 2. The average Bonchev–Trinajstić information content (AvgIpc) is 2.56. The summed E-state index contributed by atoms with van der Waals surface area (Å²) in [4.78, 5) is 11.6. The van der Waals surface area contributed by atoms with Crippen molar-refractivity contribution < 1.29 is 19.7 Å². The lowest BCUT2D eigenvalue weighted by atomic mass is 10.2. The SMILES string of the molecule is N#Cc1ccccc1OCC(=O)N/N=C/c1ccc(O)c(O)c1. The Balaban J connectivity index is 1.86. The van der Waals surface area contributed by atoms with Crippen LogP contribution >= 0.6 is 0 Å². The first-order valence-corrected chi connectivity index (χ1v) is 6.56. The number of aromatic hydroxyl groups is 2. The van der Waals surface area contributed by atoms with Crippen LogP contribution in [-0.4, -0.2) is 28.9 Å². The molecule has 7 nitrogen and oxygen atoms in total. The zero-order valence-electron chi connectivity index (χ0n) is 11.9. The number of nitrogens with one attached hydrogen (secondary N) is 1. The molecule has 0 aromatic heterocycles. The smallest absolute Gasteiger partial charge is 0.277 e. The molecule has 0 aliphatic rings. The van der Waals surface area contributed by atoms with E-state index in [1.54, 1.807) is 24.3 Å². The number of hydrazone groups is 1. The molecule has 0 saturated carbocycles. The first-order valence-electron chi connectivity index (χ1n) is 6.56. The predicted octanol–water partition coefficient (Wildman–Crippen LogP) is 1.50. The van der Waals surface area contributed by atoms with Crippen LogP contribution in [0.5, 0.6) is 17.2 Å². The molecule has 0 radical (unpaired) electrons. The van der Waals surface area contributed by atoms with E-state index in [1.165, 1.54) is 24.4 Å². The van der Waals surface area contributed by atoms with Crippen molar-refractivity contribution in [1.29, 1.82) is 5.26 Å². The molecule has 2 aromatic carbocycles. The lowest BCUT2D eigenvalue weighted by molar-refractivity contribution is -0.123. The van der Waals surface area contributed by atoms with Crippen LogP contribution in [0.2, 0.25) is 0 Å². The van der Waals surface area contributed by atoms with Gasteiger partial charge in [0.1, 0.15) is 11.8 Å². The minimum Gasteiger partial charge on any atom is -0.504 e. The van der Waals surface area contributed by atoms with Gasteiger partial charge in [0.2, 0.25) is 0 Å². The van der Waals surface area contributed by atoms with Crippen molar-refractivity contribution in [2.75, 3.05) is 6.61 Å².